The molecule has 1 heterocycles. The molecule has 5 nitrogen and oxygen atoms in total. The van der Waals surface area contributed by atoms with Gasteiger partial charge in [0, 0.05) is 31.4 Å². The van der Waals surface area contributed by atoms with E-state index in [9.17, 15) is 18.4 Å². The summed E-state index contributed by atoms with van der Waals surface area (Å²) in [5.74, 6) is -2.92. The van der Waals surface area contributed by atoms with Crippen molar-refractivity contribution in [3.05, 3.63) is 70.8 Å². The Kier molecular flexibility index (Phi) is 5.51. The topological polar surface area (TPSA) is 75.6 Å². The smallest absolute Gasteiger partial charge is 0.335 e. The van der Waals surface area contributed by atoms with Crippen molar-refractivity contribution in [2.45, 2.75) is 24.8 Å². The highest BCUT2D eigenvalue weighted by Gasteiger charge is 2.43. The first-order valence-corrected chi connectivity index (χ1v) is 8.56. The number of carbonyl (C=O) groups excluding carboxylic acids is 1. The number of benzene rings is 2. The molecule has 1 saturated heterocycles. The van der Waals surface area contributed by atoms with Crippen LogP contribution in [-0.2, 0) is 21.5 Å². The van der Waals surface area contributed by atoms with Gasteiger partial charge in [0.05, 0.1) is 11.0 Å². The Bertz CT molecular complexity index is 863. The van der Waals surface area contributed by atoms with Crippen molar-refractivity contribution < 1.29 is 28.2 Å². The Balaban J connectivity index is 1.84. The van der Waals surface area contributed by atoms with Crippen LogP contribution in [0.5, 0.6) is 0 Å². The Morgan fingerprint density at radius 2 is 1.85 bits per heavy atom. The Labute approximate surface area is 155 Å². The van der Waals surface area contributed by atoms with Crippen LogP contribution in [-0.4, -0.2) is 30.2 Å². The first-order chi connectivity index (χ1) is 12.9. The zero-order valence-electron chi connectivity index (χ0n) is 14.5. The first-order valence-electron chi connectivity index (χ1n) is 8.56. The largest absolute Gasteiger partial charge is 0.478 e. The monoisotopic (exact) mass is 375 g/mol. The van der Waals surface area contributed by atoms with Crippen molar-refractivity contribution in [3.8, 4) is 0 Å². The minimum absolute atomic E-state index is 0.103. The van der Waals surface area contributed by atoms with Gasteiger partial charge in [-0.25, -0.2) is 13.6 Å². The molecule has 2 aromatic rings. The summed E-state index contributed by atoms with van der Waals surface area (Å²) >= 11 is 0. The van der Waals surface area contributed by atoms with Crippen molar-refractivity contribution in [2.24, 2.45) is 0 Å². The third kappa shape index (κ3) is 3.98. The van der Waals surface area contributed by atoms with Crippen LogP contribution >= 0.6 is 0 Å². The molecule has 0 unspecified atom stereocenters. The molecule has 27 heavy (non-hydrogen) atoms. The number of carbonyl (C=O) groups is 2. The number of halogens is 2. The molecule has 0 saturated carbocycles. The minimum Gasteiger partial charge on any atom is -0.478 e. The predicted molar refractivity (Wildman–Crippen MR) is 93.3 cm³/mol. The fraction of sp³-hybridized carbons (Fsp3) is 0.300. The second-order valence-electron chi connectivity index (χ2n) is 6.51. The summed E-state index contributed by atoms with van der Waals surface area (Å²) in [7, 11) is 0. The Morgan fingerprint density at radius 1 is 1.11 bits per heavy atom. The van der Waals surface area contributed by atoms with Crippen molar-refractivity contribution in [3.63, 3.8) is 0 Å². The number of hydrogen-bond acceptors (Lipinski definition) is 3. The van der Waals surface area contributed by atoms with Crippen LogP contribution in [0.15, 0.2) is 42.5 Å². The molecule has 1 amide bonds. The average Bonchev–Trinajstić information content (AvgIpc) is 2.66. The maximum absolute atomic E-state index is 14.4. The van der Waals surface area contributed by atoms with E-state index in [1.54, 1.807) is 12.1 Å². The van der Waals surface area contributed by atoms with Gasteiger partial charge in [-0.3, -0.25) is 4.79 Å². The fourth-order valence-electron chi connectivity index (χ4n) is 3.38. The predicted octanol–water partition coefficient (Wildman–Crippen LogP) is 3.03. The van der Waals surface area contributed by atoms with E-state index in [4.69, 9.17) is 9.84 Å². The van der Waals surface area contributed by atoms with E-state index in [2.05, 4.69) is 5.32 Å². The van der Waals surface area contributed by atoms with Crippen molar-refractivity contribution in [2.75, 3.05) is 13.2 Å². The number of rotatable bonds is 5. The molecule has 1 fully saturated rings. The lowest BCUT2D eigenvalue weighted by Crippen LogP contribution is -2.48. The van der Waals surface area contributed by atoms with Crippen LogP contribution in [0.3, 0.4) is 0 Å². The maximum atomic E-state index is 14.4. The van der Waals surface area contributed by atoms with Gasteiger partial charge in [0.25, 0.3) is 0 Å². The highest BCUT2D eigenvalue weighted by Crippen LogP contribution is 2.37. The van der Waals surface area contributed by atoms with Crippen LogP contribution in [0.25, 0.3) is 0 Å². The summed E-state index contributed by atoms with van der Waals surface area (Å²) in [4.78, 5) is 24.1. The van der Waals surface area contributed by atoms with Gasteiger partial charge in [0.15, 0.2) is 0 Å². The van der Waals surface area contributed by atoms with Gasteiger partial charge in [-0.2, -0.15) is 0 Å². The average molecular weight is 375 g/mol. The molecular weight excluding hydrogens is 356 g/mol. The fourth-order valence-corrected chi connectivity index (χ4v) is 3.38. The standard InChI is InChI=1S/C20H19F2NO4/c21-15-4-5-16(17(22)11-15)20(6-8-27-9-7-20)19(26)23-12-13-2-1-3-14(10-13)18(24)25/h1-5,10-11H,6-9,12H2,(H,23,26)(H,24,25). The third-order valence-electron chi connectivity index (χ3n) is 4.85. The molecule has 0 spiro atoms. The van der Waals surface area contributed by atoms with Crippen LogP contribution < -0.4 is 5.32 Å². The molecular formula is C20H19F2NO4. The molecule has 1 aliphatic rings. The van der Waals surface area contributed by atoms with Crippen molar-refractivity contribution >= 4 is 11.9 Å². The molecule has 142 valence electrons. The van der Waals surface area contributed by atoms with E-state index < -0.39 is 28.9 Å². The van der Waals surface area contributed by atoms with E-state index >= 15 is 0 Å². The lowest BCUT2D eigenvalue weighted by atomic mass is 9.73. The lowest BCUT2D eigenvalue weighted by molar-refractivity contribution is -0.130. The van der Waals surface area contributed by atoms with Crippen LogP contribution in [0.1, 0.15) is 34.3 Å². The third-order valence-corrected chi connectivity index (χ3v) is 4.85. The maximum Gasteiger partial charge on any atom is 0.335 e. The summed E-state index contributed by atoms with van der Waals surface area (Å²) in [5.41, 5.74) is -0.276. The first kappa shape index (κ1) is 19.0. The Morgan fingerprint density at radius 3 is 2.52 bits per heavy atom. The molecule has 0 bridgehead atoms. The molecule has 0 radical (unpaired) electrons. The number of amides is 1. The number of carboxylic acids is 1. The van der Waals surface area contributed by atoms with Gasteiger partial charge < -0.3 is 15.2 Å². The van der Waals surface area contributed by atoms with E-state index in [0.29, 0.717) is 18.8 Å². The highest BCUT2D eigenvalue weighted by molar-refractivity contribution is 5.89. The van der Waals surface area contributed by atoms with Gasteiger partial charge in [-0.15, -0.1) is 0 Å². The number of aromatic carboxylic acids is 1. The second kappa shape index (κ2) is 7.84. The molecule has 1 aliphatic heterocycles. The minimum atomic E-state index is -1.15. The normalized spacial score (nSPS) is 15.9. The second-order valence-corrected chi connectivity index (χ2v) is 6.51. The molecule has 3 rings (SSSR count). The van der Waals surface area contributed by atoms with E-state index in [1.165, 1.54) is 18.2 Å². The number of hydrogen-bond donors (Lipinski definition) is 2. The molecule has 2 N–H and O–H groups in total. The molecule has 0 atom stereocenters. The van der Waals surface area contributed by atoms with E-state index in [0.717, 1.165) is 12.1 Å². The van der Waals surface area contributed by atoms with Gasteiger partial charge in [-0.1, -0.05) is 18.2 Å². The summed E-state index contributed by atoms with van der Waals surface area (Å²) in [6.45, 7) is 0.683. The number of nitrogens with one attached hydrogen (secondary N) is 1. The number of ether oxygens (including phenoxy) is 1. The van der Waals surface area contributed by atoms with E-state index in [1.807, 2.05) is 0 Å². The lowest BCUT2D eigenvalue weighted by Gasteiger charge is -2.36. The summed E-state index contributed by atoms with van der Waals surface area (Å²) in [6.07, 6.45) is 0.549. The Hall–Kier alpha value is -2.80. The SMILES string of the molecule is O=C(O)c1cccc(CNC(=O)C2(c3ccc(F)cc3F)CCOCC2)c1. The van der Waals surface area contributed by atoms with Gasteiger partial charge in [0.1, 0.15) is 11.6 Å². The molecule has 2 aromatic carbocycles. The quantitative estimate of drug-likeness (QED) is 0.842. The zero-order chi connectivity index (χ0) is 19.4. The van der Waals surface area contributed by atoms with Gasteiger partial charge in [-0.05, 0) is 36.6 Å². The van der Waals surface area contributed by atoms with Crippen LogP contribution in [0, 0.1) is 11.6 Å². The van der Waals surface area contributed by atoms with Gasteiger partial charge in [0.2, 0.25) is 5.91 Å². The van der Waals surface area contributed by atoms with Gasteiger partial charge >= 0.3 is 5.97 Å². The van der Waals surface area contributed by atoms with Crippen LogP contribution in [0.2, 0.25) is 0 Å². The zero-order valence-corrected chi connectivity index (χ0v) is 14.5. The molecule has 7 heteroatoms. The number of carboxylic acid groups (broad SMARTS) is 1. The van der Waals surface area contributed by atoms with Crippen molar-refractivity contribution in [1.29, 1.82) is 0 Å². The molecule has 0 aromatic heterocycles. The summed E-state index contributed by atoms with van der Waals surface area (Å²) in [5, 5.41) is 11.8. The molecule has 0 aliphatic carbocycles. The summed E-state index contributed by atoms with van der Waals surface area (Å²) < 4.78 is 33.0. The summed E-state index contributed by atoms with van der Waals surface area (Å²) in [6, 6.07) is 9.44. The van der Waals surface area contributed by atoms with E-state index in [-0.39, 0.29) is 30.5 Å². The highest BCUT2D eigenvalue weighted by atomic mass is 19.1. The van der Waals surface area contributed by atoms with Crippen molar-refractivity contribution in [1.82, 2.24) is 5.32 Å². The van der Waals surface area contributed by atoms with Crippen LogP contribution in [0.4, 0.5) is 8.78 Å².